The quantitative estimate of drug-likeness (QED) is 0.206. The Hall–Kier alpha value is -2.93. The lowest BCUT2D eigenvalue weighted by Gasteiger charge is -2.13. The summed E-state index contributed by atoms with van der Waals surface area (Å²) in [5, 5.41) is 4.03. The first-order valence-electron chi connectivity index (χ1n) is 12.4. The maximum Gasteiger partial charge on any atom is 0.219 e. The van der Waals surface area contributed by atoms with E-state index in [0.29, 0.717) is 13.0 Å². The molecule has 0 radical (unpaired) electrons. The summed E-state index contributed by atoms with van der Waals surface area (Å²) >= 11 is 1.75. The van der Waals surface area contributed by atoms with Crippen molar-refractivity contribution in [1.82, 2.24) is 14.9 Å². The molecule has 0 aliphatic rings. The van der Waals surface area contributed by atoms with Crippen LogP contribution in [0.2, 0.25) is 0 Å². The monoisotopic (exact) mass is 495 g/mol. The molecule has 1 amide bonds. The fraction of sp³-hybridized carbons (Fsp3) is 0.429. The Balaban J connectivity index is 1.87. The first kappa shape index (κ1) is 26.7. The van der Waals surface area contributed by atoms with E-state index in [9.17, 15) is 4.79 Å². The highest BCUT2D eigenvalue weighted by Gasteiger charge is 2.20. The van der Waals surface area contributed by atoms with Crippen molar-refractivity contribution in [3.63, 3.8) is 0 Å². The van der Waals surface area contributed by atoms with Crippen molar-refractivity contribution in [2.75, 3.05) is 26.5 Å². The number of rotatable bonds is 14. The molecular formula is C28H37N3O3S. The van der Waals surface area contributed by atoms with Gasteiger partial charge in [0.2, 0.25) is 5.91 Å². The van der Waals surface area contributed by atoms with Crippen LogP contribution in [0.15, 0.2) is 53.7 Å². The van der Waals surface area contributed by atoms with Crippen molar-refractivity contribution in [3.05, 3.63) is 48.5 Å². The molecule has 0 unspecified atom stereocenters. The minimum atomic E-state index is 0.146. The second-order valence-corrected chi connectivity index (χ2v) is 9.42. The van der Waals surface area contributed by atoms with E-state index < -0.39 is 0 Å². The Morgan fingerprint density at radius 1 is 0.914 bits per heavy atom. The number of unbranched alkanes of at least 4 members (excludes halogenated alkanes) is 1. The number of benzene rings is 2. The number of nitrogens with zero attached hydrogens (tertiary/aromatic N) is 2. The van der Waals surface area contributed by atoms with Gasteiger partial charge in [-0.05, 0) is 67.8 Å². The molecule has 188 valence electrons. The summed E-state index contributed by atoms with van der Waals surface area (Å²) in [7, 11) is 3.36. The van der Waals surface area contributed by atoms with E-state index >= 15 is 0 Å². The zero-order chi connectivity index (χ0) is 25.0. The van der Waals surface area contributed by atoms with Crippen LogP contribution in [-0.4, -0.2) is 42.0 Å². The summed E-state index contributed by atoms with van der Waals surface area (Å²) in [6, 6.07) is 16.2. The van der Waals surface area contributed by atoms with Gasteiger partial charge in [0.05, 0.1) is 25.6 Å². The first-order valence-corrected chi connectivity index (χ1v) is 13.4. The standard InChI is InChI=1S/C28H37N3O3S/c1-5-7-9-25(32)29-18-8-20-35-28-30-26(21-10-14-23(33-3)15-11-21)27(31(28)19-6-2)22-12-16-24(34-4)17-13-22/h10-17H,5-9,18-20H2,1-4H3,(H,29,32). The van der Waals surface area contributed by atoms with E-state index in [-0.39, 0.29) is 5.91 Å². The van der Waals surface area contributed by atoms with E-state index in [2.05, 4.69) is 48.0 Å². The molecule has 6 nitrogen and oxygen atoms in total. The molecule has 0 saturated carbocycles. The third kappa shape index (κ3) is 7.28. The molecule has 0 aliphatic carbocycles. The van der Waals surface area contributed by atoms with Crippen LogP contribution in [0.3, 0.4) is 0 Å². The van der Waals surface area contributed by atoms with Crippen LogP contribution in [-0.2, 0) is 11.3 Å². The summed E-state index contributed by atoms with van der Waals surface area (Å²) in [6.07, 6.45) is 4.49. The lowest BCUT2D eigenvalue weighted by Crippen LogP contribution is -2.24. The van der Waals surface area contributed by atoms with Gasteiger partial charge in [0.1, 0.15) is 11.5 Å². The largest absolute Gasteiger partial charge is 0.497 e. The van der Waals surface area contributed by atoms with Gasteiger partial charge in [-0.25, -0.2) is 4.98 Å². The predicted octanol–water partition coefficient (Wildman–Crippen LogP) is 6.43. The number of hydrogen-bond acceptors (Lipinski definition) is 5. The number of ether oxygens (including phenoxy) is 2. The van der Waals surface area contributed by atoms with Crippen LogP contribution < -0.4 is 14.8 Å². The Bertz CT molecular complexity index is 1060. The zero-order valence-electron chi connectivity index (χ0n) is 21.3. The van der Waals surface area contributed by atoms with Crippen LogP contribution in [0.5, 0.6) is 11.5 Å². The number of carbonyl (C=O) groups excluding carboxylic acids is 1. The number of aromatic nitrogens is 2. The molecule has 0 aliphatic heterocycles. The van der Waals surface area contributed by atoms with Crippen molar-refractivity contribution in [3.8, 4) is 34.0 Å². The average Bonchev–Trinajstić information content (AvgIpc) is 3.25. The van der Waals surface area contributed by atoms with Gasteiger partial charge in [-0.3, -0.25) is 4.79 Å². The molecule has 35 heavy (non-hydrogen) atoms. The molecule has 1 aromatic heterocycles. The van der Waals surface area contributed by atoms with Gasteiger partial charge in [0.25, 0.3) is 0 Å². The van der Waals surface area contributed by atoms with Gasteiger partial charge in [0, 0.05) is 36.4 Å². The number of amides is 1. The molecule has 0 fully saturated rings. The van der Waals surface area contributed by atoms with Crippen LogP contribution in [0.1, 0.15) is 46.0 Å². The maximum absolute atomic E-state index is 11.9. The van der Waals surface area contributed by atoms with Crippen LogP contribution >= 0.6 is 11.8 Å². The van der Waals surface area contributed by atoms with Crippen molar-refractivity contribution >= 4 is 17.7 Å². The number of thioether (sulfide) groups is 1. The van der Waals surface area contributed by atoms with Crippen LogP contribution in [0.4, 0.5) is 0 Å². The van der Waals surface area contributed by atoms with Crippen LogP contribution in [0, 0.1) is 0 Å². The van der Waals surface area contributed by atoms with Gasteiger partial charge in [-0.2, -0.15) is 0 Å². The van der Waals surface area contributed by atoms with Crippen molar-refractivity contribution < 1.29 is 14.3 Å². The molecule has 1 N–H and O–H groups in total. The SMILES string of the molecule is CCCCC(=O)NCCCSc1nc(-c2ccc(OC)cc2)c(-c2ccc(OC)cc2)n1CCC. The number of carbonyl (C=O) groups is 1. The second kappa shape index (κ2) is 13.8. The van der Waals surface area contributed by atoms with Crippen molar-refractivity contribution in [2.45, 2.75) is 57.7 Å². The Labute approximate surface area is 213 Å². The Morgan fingerprint density at radius 3 is 2.11 bits per heavy atom. The minimum absolute atomic E-state index is 0.146. The highest BCUT2D eigenvalue weighted by atomic mass is 32.2. The number of hydrogen-bond donors (Lipinski definition) is 1. The fourth-order valence-electron chi connectivity index (χ4n) is 3.85. The topological polar surface area (TPSA) is 65.4 Å². The van der Waals surface area contributed by atoms with E-state index in [1.165, 1.54) is 0 Å². The van der Waals surface area contributed by atoms with E-state index in [0.717, 1.165) is 77.2 Å². The van der Waals surface area contributed by atoms with Gasteiger partial charge in [-0.15, -0.1) is 0 Å². The zero-order valence-corrected chi connectivity index (χ0v) is 22.1. The molecule has 0 bridgehead atoms. The number of imidazole rings is 1. The van der Waals surface area contributed by atoms with E-state index in [4.69, 9.17) is 14.5 Å². The lowest BCUT2D eigenvalue weighted by atomic mass is 10.0. The summed E-state index contributed by atoms with van der Waals surface area (Å²) < 4.78 is 13.1. The third-order valence-corrected chi connectivity index (χ3v) is 6.80. The predicted molar refractivity (Wildman–Crippen MR) is 144 cm³/mol. The normalized spacial score (nSPS) is 10.9. The van der Waals surface area contributed by atoms with Crippen molar-refractivity contribution in [2.24, 2.45) is 0 Å². The Morgan fingerprint density at radius 2 is 1.54 bits per heavy atom. The van der Waals surface area contributed by atoms with Crippen LogP contribution in [0.25, 0.3) is 22.5 Å². The Kier molecular flexibility index (Phi) is 10.5. The summed E-state index contributed by atoms with van der Waals surface area (Å²) in [6.45, 7) is 5.86. The number of methoxy groups -OCH3 is 2. The third-order valence-electron chi connectivity index (χ3n) is 5.74. The molecular weight excluding hydrogens is 458 g/mol. The first-order chi connectivity index (χ1) is 17.1. The molecule has 2 aromatic carbocycles. The summed E-state index contributed by atoms with van der Waals surface area (Å²) in [4.78, 5) is 17.0. The van der Waals surface area contributed by atoms with Gasteiger partial charge in [0.15, 0.2) is 5.16 Å². The van der Waals surface area contributed by atoms with E-state index in [1.807, 2.05) is 24.3 Å². The van der Waals surface area contributed by atoms with Gasteiger partial charge < -0.3 is 19.4 Å². The maximum atomic E-state index is 11.9. The highest BCUT2D eigenvalue weighted by Crippen LogP contribution is 2.37. The molecule has 0 spiro atoms. The molecule has 3 aromatic rings. The molecule has 0 saturated heterocycles. The van der Waals surface area contributed by atoms with Crippen molar-refractivity contribution in [1.29, 1.82) is 0 Å². The smallest absolute Gasteiger partial charge is 0.219 e. The summed E-state index contributed by atoms with van der Waals surface area (Å²) in [5.74, 6) is 2.69. The average molecular weight is 496 g/mol. The molecule has 0 atom stereocenters. The van der Waals surface area contributed by atoms with Gasteiger partial charge in [-0.1, -0.05) is 32.0 Å². The molecule has 7 heteroatoms. The summed E-state index contributed by atoms with van der Waals surface area (Å²) in [5.41, 5.74) is 4.22. The van der Waals surface area contributed by atoms with E-state index in [1.54, 1.807) is 26.0 Å². The highest BCUT2D eigenvalue weighted by molar-refractivity contribution is 7.99. The lowest BCUT2D eigenvalue weighted by molar-refractivity contribution is -0.121. The second-order valence-electron chi connectivity index (χ2n) is 8.36. The van der Waals surface area contributed by atoms with Gasteiger partial charge >= 0.3 is 0 Å². The number of nitrogens with one attached hydrogen (secondary N) is 1. The molecule has 3 rings (SSSR count). The minimum Gasteiger partial charge on any atom is -0.497 e. The fourth-order valence-corrected chi connectivity index (χ4v) is 4.82. The molecule has 1 heterocycles.